The molecule has 0 aliphatic carbocycles. The second-order valence-electron chi connectivity index (χ2n) is 12.4. The van der Waals surface area contributed by atoms with Gasteiger partial charge in [-0.25, -0.2) is 0 Å². The summed E-state index contributed by atoms with van der Waals surface area (Å²) < 4.78 is 10.3. The van der Waals surface area contributed by atoms with E-state index < -0.39 is 6.10 Å². The number of aliphatic hydroxyl groups is 1. The summed E-state index contributed by atoms with van der Waals surface area (Å²) in [6.07, 6.45) is 34.9. The van der Waals surface area contributed by atoms with Gasteiger partial charge < -0.3 is 14.6 Å². The number of carbonyl (C=O) groups is 3. The van der Waals surface area contributed by atoms with E-state index in [9.17, 15) is 19.5 Å². The Balaban J connectivity index is 3.50. The van der Waals surface area contributed by atoms with Crippen molar-refractivity contribution < 1.29 is 29.0 Å². The SMILES string of the molecule is CCCCCCCCCCCCCCCCC(=O)OC[C@H](O)COC(=O)CCCCCCC/C=C\C=C\C(=O)CCCCC. The van der Waals surface area contributed by atoms with Gasteiger partial charge in [0.1, 0.15) is 19.3 Å². The van der Waals surface area contributed by atoms with E-state index >= 15 is 0 Å². The van der Waals surface area contributed by atoms with Gasteiger partial charge in [0.05, 0.1) is 0 Å². The molecule has 0 aromatic rings. The Morgan fingerprint density at radius 2 is 0.909 bits per heavy atom. The van der Waals surface area contributed by atoms with Crippen LogP contribution >= 0.6 is 0 Å². The summed E-state index contributed by atoms with van der Waals surface area (Å²) in [4.78, 5) is 35.5. The highest BCUT2D eigenvalue weighted by atomic mass is 16.6. The van der Waals surface area contributed by atoms with Gasteiger partial charge in [-0.15, -0.1) is 0 Å². The van der Waals surface area contributed by atoms with Crippen molar-refractivity contribution >= 4 is 17.7 Å². The van der Waals surface area contributed by atoms with Crippen molar-refractivity contribution in [2.24, 2.45) is 0 Å². The Morgan fingerprint density at radius 3 is 1.39 bits per heavy atom. The minimum Gasteiger partial charge on any atom is -0.463 e. The molecule has 0 saturated heterocycles. The van der Waals surface area contributed by atoms with Crippen molar-refractivity contribution in [2.45, 2.75) is 187 Å². The van der Waals surface area contributed by atoms with Gasteiger partial charge in [0, 0.05) is 19.3 Å². The topological polar surface area (TPSA) is 89.9 Å². The molecule has 0 unspecified atom stereocenters. The van der Waals surface area contributed by atoms with E-state index in [2.05, 4.69) is 19.9 Å². The number of unbranched alkanes of at least 4 members (excludes halogenated alkanes) is 20. The van der Waals surface area contributed by atoms with Gasteiger partial charge in [0.15, 0.2) is 5.78 Å². The molecule has 0 rings (SSSR count). The average Bonchev–Trinajstić information content (AvgIpc) is 3.01. The summed E-state index contributed by atoms with van der Waals surface area (Å²) in [5, 5.41) is 9.98. The third kappa shape index (κ3) is 33.0. The second-order valence-corrected chi connectivity index (χ2v) is 12.4. The zero-order valence-corrected chi connectivity index (χ0v) is 28.7. The summed E-state index contributed by atoms with van der Waals surface area (Å²) in [7, 11) is 0. The zero-order valence-electron chi connectivity index (χ0n) is 28.7. The van der Waals surface area contributed by atoms with E-state index in [1.54, 1.807) is 6.08 Å². The number of allylic oxidation sites excluding steroid dienone is 4. The van der Waals surface area contributed by atoms with Crippen LogP contribution < -0.4 is 0 Å². The predicted molar refractivity (Wildman–Crippen MR) is 183 cm³/mol. The summed E-state index contributed by atoms with van der Waals surface area (Å²) in [5.41, 5.74) is 0. The van der Waals surface area contributed by atoms with E-state index in [0.717, 1.165) is 77.0 Å². The first-order chi connectivity index (χ1) is 21.5. The van der Waals surface area contributed by atoms with Gasteiger partial charge in [0.25, 0.3) is 0 Å². The van der Waals surface area contributed by atoms with Crippen LogP contribution in [0.15, 0.2) is 24.3 Å². The van der Waals surface area contributed by atoms with Crippen LogP contribution in [0.1, 0.15) is 181 Å². The van der Waals surface area contributed by atoms with Gasteiger partial charge in [-0.2, -0.15) is 0 Å². The van der Waals surface area contributed by atoms with Crippen molar-refractivity contribution in [1.29, 1.82) is 0 Å². The molecule has 0 bridgehead atoms. The molecule has 6 heteroatoms. The molecule has 0 amide bonds. The van der Waals surface area contributed by atoms with Crippen molar-refractivity contribution in [3.8, 4) is 0 Å². The lowest BCUT2D eigenvalue weighted by Crippen LogP contribution is -2.25. The van der Waals surface area contributed by atoms with Crippen LogP contribution in [0.25, 0.3) is 0 Å². The van der Waals surface area contributed by atoms with Crippen LogP contribution in [0.5, 0.6) is 0 Å². The number of aliphatic hydroxyl groups excluding tert-OH is 1. The largest absolute Gasteiger partial charge is 0.463 e. The molecule has 0 spiro atoms. The summed E-state index contributed by atoms with van der Waals surface area (Å²) in [5.74, 6) is -0.420. The number of carbonyl (C=O) groups excluding carboxylic acids is 3. The monoisotopic (exact) mass is 621 g/mol. The third-order valence-corrected chi connectivity index (χ3v) is 7.92. The van der Waals surface area contributed by atoms with E-state index in [-0.39, 0.29) is 30.9 Å². The fourth-order valence-corrected chi connectivity index (χ4v) is 5.07. The molecular formula is C38H68O6. The lowest BCUT2D eigenvalue weighted by molar-refractivity contribution is -0.152. The molecule has 0 heterocycles. The molecule has 0 radical (unpaired) electrons. The molecule has 0 fully saturated rings. The first-order valence-corrected chi connectivity index (χ1v) is 18.3. The summed E-state index contributed by atoms with van der Waals surface area (Å²) in [6, 6.07) is 0. The van der Waals surface area contributed by atoms with E-state index in [4.69, 9.17) is 9.47 Å². The van der Waals surface area contributed by atoms with Crippen molar-refractivity contribution in [3.05, 3.63) is 24.3 Å². The number of rotatable bonds is 33. The Hall–Kier alpha value is -1.95. The van der Waals surface area contributed by atoms with Gasteiger partial charge in [-0.1, -0.05) is 148 Å². The summed E-state index contributed by atoms with van der Waals surface area (Å²) in [6.45, 7) is 4.12. The highest BCUT2D eigenvalue weighted by Gasteiger charge is 2.12. The highest BCUT2D eigenvalue weighted by molar-refractivity contribution is 5.89. The maximum absolute atomic E-state index is 11.9. The molecule has 0 aliphatic rings. The Kier molecular flexibility index (Phi) is 32.4. The smallest absolute Gasteiger partial charge is 0.305 e. The number of hydrogen-bond acceptors (Lipinski definition) is 6. The molecular weight excluding hydrogens is 552 g/mol. The van der Waals surface area contributed by atoms with Gasteiger partial charge >= 0.3 is 11.9 Å². The van der Waals surface area contributed by atoms with Crippen LogP contribution in [0.4, 0.5) is 0 Å². The fraction of sp³-hybridized carbons (Fsp3) is 0.816. The van der Waals surface area contributed by atoms with Crippen LogP contribution in [-0.2, 0) is 23.9 Å². The fourth-order valence-electron chi connectivity index (χ4n) is 5.07. The Labute approximate surface area is 270 Å². The molecule has 0 aromatic carbocycles. The van der Waals surface area contributed by atoms with Crippen LogP contribution in [0.3, 0.4) is 0 Å². The summed E-state index contributed by atoms with van der Waals surface area (Å²) >= 11 is 0. The first kappa shape index (κ1) is 42.0. The molecule has 6 nitrogen and oxygen atoms in total. The first-order valence-electron chi connectivity index (χ1n) is 18.3. The molecule has 0 aliphatic heterocycles. The lowest BCUT2D eigenvalue weighted by Gasteiger charge is -2.12. The number of esters is 2. The van der Waals surface area contributed by atoms with Crippen LogP contribution in [-0.4, -0.2) is 42.1 Å². The lowest BCUT2D eigenvalue weighted by atomic mass is 10.0. The van der Waals surface area contributed by atoms with E-state index in [1.807, 2.05) is 12.2 Å². The van der Waals surface area contributed by atoms with Crippen LogP contribution in [0.2, 0.25) is 0 Å². The second kappa shape index (κ2) is 33.9. The average molecular weight is 621 g/mol. The minimum absolute atomic E-state index is 0.135. The molecule has 44 heavy (non-hydrogen) atoms. The Morgan fingerprint density at radius 1 is 0.523 bits per heavy atom. The van der Waals surface area contributed by atoms with Crippen LogP contribution in [0, 0.1) is 0 Å². The van der Waals surface area contributed by atoms with Gasteiger partial charge in [-0.3, -0.25) is 14.4 Å². The molecule has 256 valence electrons. The minimum atomic E-state index is -0.985. The molecule has 1 N–H and O–H groups in total. The molecule has 1 atom stereocenters. The van der Waals surface area contributed by atoms with Crippen molar-refractivity contribution in [1.82, 2.24) is 0 Å². The maximum atomic E-state index is 11.9. The van der Waals surface area contributed by atoms with Crippen molar-refractivity contribution in [3.63, 3.8) is 0 Å². The number of ether oxygens (including phenoxy) is 2. The maximum Gasteiger partial charge on any atom is 0.305 e. The van der Waals surface area contributed by atoms with Crippen molar-refractivity contribution in [2.75, 3.05) is 13.2 Å². The van der Waals surface area contributed by atoms with E-state index in [1.165, 1.54) is 70.6 Å². The normalized spacial score (nSPS) is 12.2. The van der Waals surface area contributed by atoms with E-state index in [0.29, 0.717) is 19.3 Å². The van der Waals surface area contributed by atoms with Gasteiger partial charge in [-0.05, 0) is 38.2 Å². The Bertz CT molecular complexity index is 729. The quantitative estimate of drug-likeness (QED) is 0.0340. The zero-order chi connectivity index (χ0) is 32.4. The molecule has 0 saturated carbocycles. The third-order valence-electron chi connectivity index (χ3n) is 7.92. The standard InChI is InChI=1S/C38H68O6/c1-3-5-7-8-9-10-11-12-13-14-17-20-23-27-31-37(41)43-33-36(40)34-44-38(42)32-28-24-21-18-15-16-19-22-26-30-35(39)29-25-6-4-2/h19,22,26,30,36,40H,3-18,20-21,23-25,27-29,31-34H2,1-2H3/b22-19-,30-26+/t36-/m0/s1. The predicted octanol–water partition coefficient (Wildman–Crippen LogP) is 10.3. The number of ketones is 1. The molecule has 0 aromatic heterocycles. The highest BCUT2D eigenvalue weighted by Crippen LogP contribution is 2.14. The number of hydrogen-bond donors (Lipinski definition) is 1. The van der Waals surface area contributed by atoms with Gasteiger partial charge in [0.2, 0.25) is 0 Å².